The van der Waals surface area contributed by atoms with Gasteiger partial charge in [0.1, 0.15) is 5.56 Å². The molecular formula is C18H20N2O4. The Labute approximate surface area is 140 Å². The molecule has 6 heteroatoms. The van der Waals surface area contributed by atoms with E-state index < -0.39 is 17.9 Å². The Bertz CT molecular complexity index is 803. The van der Waals surface area contributed by atoms with Crippen LogP contribution in [0.1, 0.15) is 29.3 Å². The Hall–Kier alpha value is -2.63. The van der Waals surface area contributed by atoms with Crippen LogP contribution in [0.5, 0.6) is 0 Å². The Balaban J connectivity index is 2.14. The second kappa shape index (κ2) is 6.47. The van der Waals surface area contributed by atoms with Gasteiger partial charge in [0.25, 0.3) is 0 Å². The molecule has 0 amide bonds. The van der Waals surface area contributed by atoms with Gasteiger partial charge in [-0.3, -0.25) is 9.78 Å². The highest BCUT2D eigenvalue weighted by molar-refractivity contribution is 6.05. The fraction of sp³-hybridized carbons (Fsp3) is 0.389. The first-order valence-corrected chi connectivity index (χ1v) is 8.05. The van der Waals surface area contributed by atoms with Crippen molar-refractivity contribution >= 4 is 28.5 Å². The van der Waals surface area contributed by atoms with Gasteiger partial charge in [-0.25, -0.2) is 4.79 Å². The van der Waals surface area contributed by atoms with Crippen molar-refractivity contribution in [2.45, 2.75) is 20.3 Å². The lowest BCUT2D eigenvalue weighted by atomic mass is 10.1. The van der Waals surface area contributed by atoms with Crippen molar-refractivity contribution in [1.82, 2.24) is 4.98 Å². The number of ether oxygens (including phenoxy) is 1. The van der Waals surface area contributed by atoms with Crippen molar-refractivity contribution in [2.75, 3.05) is 24.6 Å². The molecule has 1 aromatic heterocycles. The second-order valence-corrected chi connectivity index (χ2v) is 6.03. The van der Waals surface area contributed by atoms with E-state index in [1.807, 2.05) is 30.0 Å². The van der Waals surface area contributed by atoms with Gasteiger partial charge in [-0.05, 0) is 32.4 Å². The van der Waals surface area contributed by atoms with E-state index in [0.717, 1.165) is 22.2 Å². The average molecular weight is 328 g/mol. The molecule has 0 radical (unpaired) electrons. The largest absolute Gasteiger partial charge is 0.481 e. The molecule has 0 aliphatic carbocycles. The number of hydrogen-bond donors (Lipinski definition) is 1. The number of aromatic nitrogens is 1. The number of carbonyl (C=O) groups excluding carboxylic acids is 1. The van der Waals surface area contributed by atoms with E-state index in [-0.39, 0.29) is 6.61 Å². The first-order valence-electron chi connectivity index (χ1n) is 8.05. The van der Waals surface area contributed by atoms with Crippen LogP contribution in [-0.4, -0.2) is 41.7 Å². The van der Waals surface area contributed by atoms with Crippen LogP contribution in [-0.2, 0) is 9.53 Å². The standard InChI is InChI=1S/C18H20N2O4/c1-3-24-18(23)14-9-19-15-5-4-11(2)8-13(15)16(14)20-7-6-12(10-20)17(21)22/h4-5,8-9,12H,3,6-7,10H2,1-2H3,(H,21,22). The molecule has 1 N–H and O–H groups in total. The number of anilines is 1. The maximum Gasteiger partial charge on any atom is 0.341 e. The summed E-state index contributed by atoms with van der Waals surface area (Å²) in [5.41, 5.74) is 2.95. The predicted molar refractivity (Wildman–Crippen MR) is 90.4 cm³/mol. The zero-order valence-electron chi connectivity index (χ0n) is 13.8. The van der Waals surface area contributed by atoms with Crippen LogP contribution < -0.4 is 4.90 Å². The highest BCUT2D eigenvalue weighted by Crippen LogP contribution is 2.34. The summed E-state index contributed by atoms with van der Waals surface area (Å²) in [6, 6.07) is 5.86. The summed E-state index contributed by atoms with van der Waals surface area (Å²) >= 11 is 0. The molecule has 2 heterocycles. The Morgan fingerprint density at radius 2 is 2.21 bits per heavy atom. The van der Waals surface area contributed by atoms with Crippen LogP contribution in [0.4, 0.5) is 5.69 Å². The van der Waals surface area contributed by atoms with Gasteiger partial charge >= 0.3 is 11.9 Å². The van der Waals surface area contributed by atoms with Crippen molar-refractivity contribution in [1.29, 1.82) is 0 Å². The number of benzene rings is 1. The molecule has 0 spiro atoms. The monoisotopic (exact) mass is 328 g/mol. The Morgan fingerprint density at radius 3 is 2.88 bits per heavy atom. The number of pyridine rings is 1. The van der Waals surface area contributed by atoms with Gasteiger partial charge in [-0.2, -0.15) is 0 Å². The fourth-order valence-electron chi connectivity index (χ4n) is 3.16. The van der Waals surface area contributed by atoms with E-state index in [1.54, 1.807) is 6.92 Å². The average Bonchev–Trinajstić information content (AvgIpc) is 3.03. The van der Waals surface area contributed by atoms with Crippen LogP contribution in [0.15, 0.2) is 24.4 Å². The molecule has 1 unspecified atom stereocenters. The Kier molecular flexibility index (Phi) is 4.38. The van der Waals surface area contributed by atoms with E-state index in [1.165, 1.54) is 6.20 Å². The topological polar surface area (TPSA) is 79.7 Å². The van der Waals surface area contributed by atoms with Crippen molar-refractivity contribution in [2.24, 2.45) is 5.92 Å². The molecule has 1 atom stereocenters. The molecule has 2 aromatic rings. The number of nitrogens with zero attached hydrogens (tertiary/aromatic N) is 2. The van der Waals surface area contributed by atoms with Crippen molar-refractivity contribution < 1.29 is 19.4 Å². The maximum atomic E-state index is 12.4. The van der Waals surface area contributed by atoms with Gasteiger partial charge in [0.2, 0.25) is 0 Å². The number of esters is 1. The summed E-state index contributed by atoms with van der Waals surface area (Å²) in [7, 11) is 0. The number of carboxylic acids is 1. The molecule has 1 fully saturated rings. The molecule has 1 aliphatic rings. The van der Waals surface area contributed by atoms with Crippen molar-refractivity contribution in [3.05, 3.63) is 35.5 Å². The number of hydrogen-bond acceptors (Lipinski definition) is 5. The summed E-state index contributed by atoms with van der Waals surface area (Å²) in [6.07, 6.45) is 2.09. The molecule has 1 aromatic carbocycles. The number of rotatable bonds is 4. The van der Waals surface area contributed by atoms with Crippen LogP contribution in [0.3, 0.4) is 0 Å². The van der Waals surface area contributed by atoms with E-state index in [2.05, 4.69) is 4.98 Å². The lowest BCUT2D eigenvalue weighted by molar-refractivity contribution is -0.140. The van der Waals surface area contributed by atoms with Gasteiger partial charge in [-0.15, -0.1) is 0 Å². The van der Waals surface area contributed by atoms with Gasteiger partial charge in [0, 0.05) is 24.7 Å². The van der Waals surface area contributed by atoms with Gasteiger partial charge in [0.05, 0.1) is 23.7 Å². The third-order valence-corrected chi connectivity index (χ3v) is 4.34. The zero-order chi connectivity index (χ0) is 17.3. The molecular weight excluding hydrogens is 308 g/mol. The van der Waals surface area contributed by atoms with Crippen LogP contribution in [0, 0.1) is 12.8 Å². The zero-order valence-corrected chi connectivity index (χ0v) is 13.8. The molecule has 0 saturated carbocycles. The fourth-order valence-corrected chi connectivity index (χ4v) is 3.16. The van der Waals surface area contributed by atoms with Crippen molar-refractivity contribution in [3.63, 3.8) is 0 Å². The number of carboxylic acid groups (broad SMARTS) is 1. The van der Waals surface area contributed by atoms with Crippen LogP contribution in [0.25, 0.3) is 10.9 Å². The molecule has 126 valence electrons. The quantitative estimate of drug-likeness (QED) is 0.869. The minimum absolute atomic E-state index is 0.280. The third-order valence-electron chi connectivity index (χ3n) is 4.34. The highest BCUT2D eigenvalue weighted by Gasteiger charge is 2.31. The normalized spacial score (nSPS) is 17.2. The lowest BCUT2D eigenvalue weighted by Gasteiger charge is -2.23. The van der Waals surface area contributed by atoms with E-state index in [0.29, 0.717) is 25.1 Å². The smallest absolute Gasteiger partial charge is 0.341 e. The molecule has 6 nitrogen and oxygen atoms in total. The van der Waals surface area contributed by atoms with Gasteiger partial charge in [0.15, 0.2) is 0 Å². The SMILES string of the molecule is CCOC(=O)c1cnc2ccc(C)cc2c1N1CCC(C(=O)O)C1. The number of aryl methyl sites for hydroxylation is 1. The van der Waals surface area contributed by atoms with Gasteiger partial charge < -0.3 is 14.7 Å². The molecule has 0 bridgehead atoms. The first-order chi connectivity index (χ1) is 11.5. The van der Waals surface area contributed by atoms with Crippen LogP contribution >= 0.6 is 0 Å². The number of fused-ring (bicyclic) bond motifs is 1. The first kappa shape index (κ1) is 16.2. The third kappa shape index (κ3) is 2.91. The summed E-state index contributed by atoms with van der Waals surface area (Å²) in [5.74, 6) is -1.65. The van der Waals surface area contributed by atoms with E-state index in [9.17, 15) is 14.7 Å². The molecule has 24 heavy (non-hydrogen) atoms. The molecule has 1 aliphatic heterocycles. The van der Waals surface area contributed by atoms with E-state index >= 15 is 0 Å². The minimum Gasteiger partial charge on any atom is -0.481 e. The summed E-state index contributed by atoms with van der Waals surface area (Å²) in [5, 5.41) is 10.1. The Morgan fingerprint density at radius 1 is 1.42 bits per heavy atom. The molecule has 1 saturated heterocycles. The number of aliphatic carboxylic acids is 1. The summed E-state index contributed by atoms with van der Waals surface area (Å²) in [4.78, 5) is 30.0. The number of carbonyl (C=O) groups is 2. The van der Waals surface area contributed by atoms with E-state index in [4.69, 9.17) is 4.74 Å². The lowest BCUT2D eigenvalue weighted by Crippen LogP contribution is -2.25. The van der Waals surface area contributed by atoms with Crippen molar-refractivity contribution in [3.8, 4) is 0 Å². The second-order valence-electron chi connectivity index (χ2n) is 6.03. The van der Waals surface area contributed by atoms with Gasteiger partial charge in [-0.1, -0.05) is 11.6 Å². The highest BCUT2D eigenvalue weighted by atomic mass is 16.5. The maximum absolute atomic E-state index is 12.4. The summed E-state index contributed by atoms with van der Waals surface area (Å²) < 4.78 is 5.16. The molecule has 3 rings (SSSR count). The van der Waals surface area contributed by atoms with Crippen LogP contribution in [0.2, 0.25) is 0 Å². The predicted octanol–water partition coefficient (Wildman–Crippen LogP) is 2.63. The minimum atomic E-state index is -0.801. The summed E-state index contributed by atoms with van der Waals surface area (Å²) in [6.45, 7) is 4.99.